The van der Waals surface area contributed by atoms with Crippen LogP contribution in [0.4, 0.5) is 14.6 Å². The van der Waals surface area contributed by atoms with E-state index in [2.05, 4.69) is 24.9 Å². The molecule has 242 valence electrons. The highest BCUT2D eigenvalue weighted by molar-refractivity contribution is 8.07. The smallest absolute Gasteiger partial charge is 0.387 e. The summed E-state index contributed by atoms with van der Waals surface area (Å²) in [6.45, 7) is -5.90. The Morgan fingerprint density at radius 2 is 1.78 bits per heavy atom. The zero-order valence-corrected chi connectivity index (χ0v) is 24.9. The normalized spacial score (nSPS) is 37.7. The van der Waals surface area contributed by atoms with Crippen LogP contribution in [0.3, 0.4) is 0 Å². The molecule has 3 fully saturated rings. The molecule has 2 bridgehead atoms. The van der Waals surface area contributed by atoms with E-state index in [0.717, 1.165) is 23.4 Å². The van der Waals surface area contributed by atoms with Crippen LogP contribution < -0.4 is 11.3 Å². The number of H-pyrrole nitrogens is 1. The summed E-state index contributed by atoms with van der Waals surface area (Å²) in [5, 5.41) is 10.6. The second kappa shape index (κ2) is 11.1. The Morgan fingerprint density at radius 3 is 2.58 bits per heavy atom. The average molecular weight is 694 g/mol. The minimum absolute atomic E-state index is 0.0162. The van der Waals surface area contributed by atoms with Crippen molar-refractivity contribution in [2.45, 2.75) is 49.1 Å². The summed E-state index contributed by atoms with van der Waals surface area (Å²) in [6, 6.07) is 0. The van der Waals surface area contributed by atoms with Crippen LogP contribution in [-0.2, 0) is 43.9 Å². The highest BCUT2D eigenvalue weighted by atomic mass is 32.5. The molecule has 7 heterocycles. The number of aromatic amines is 1. The quantitative estimate of drug-likeness (QED) is 0.172. The van der Waals surface area contributed by atoms with E-state index in [1.807, 2.05) is 0 Å². The number of anilines is 1. The first-order valence-corrected chi connectivity index (χ1v) is 17.0. The van der Waals surface area contributed by atoms with Crippen molar-refractivity contribution in [3.05, 3.63) is 41.3 Å². The summed E-state index contributed by atoms with van der Waals surface area (Å²) in [7, 11) is -5.15. The Hall–Kier alpha value is -2.85. The topological polar surface area (TPSA) is 253 Å². The summed E-state index contributed by atoms with van der Waals surface area (Å²) >= 11 is 5.10. The lowest BCUT2D eigenvalue weighted by atomic mass is 10.1. The number of hydrogen-bond donors (Lipinski definition) is 5. The minimum Gasteiger partial charge on any atom is -0.387 e. The van der Waals surface area contributed by atoms with Crippen molar-refractivity contribution >= 4 is 54.4 Å². The maximum Gasteiger partial charge on any atom is 0.472 e. The molecule has 0 saturated carbocycles. The van der Waals surface area contributed by atoms with Gasteiger partial charge in [-0.25, -0.2) is 33.3 Å². The minimum atomic E-state index is -5.15. The number of nitrogens with one attached hydrogen (secondary N) is 1. The van der Waals surface area contributed by atoms with Gasteiger partial charge in [-0.15, -0.1) is 0 Å². The summed E-state index contributed by atoms with van der Waals surface area (Å²) in [4.78, 5) is 51.9. The number of nitrogens with two attached hydrogens (primary N) is 1. The van der Waals surface area contributed by atoms with Crippen molar-refractivity contribution in [3.8, 4) is 0 Å². The van der Waals surface area contributed by atoms with E-state index in [-0.39, 0.29) is 22.6 Å². The fourth-order valence-electron chi connectivity index (χ4n) is 5.37. The Labute approximate surface area is 253 Å². The van der Waals surface area contributed by atoms with Crippen LogP contribution >= 0.6 is 14.5 Å². The molecule has 6 N–H and O–H groups in total. The van der Waals surface area contributed by atoms with E-state index in [0.29, 0.717) is 0 Å². The zero-order chi connectivity index (χ0) is 31.8. The molecule has 0 spiro atoms. The molecule has 0 radical (unpaired) electrons. The van der Waals surface area contributed by atoms with Gasteiger partial charge in [0.1, 0.15) is 47.8 Å². The molecule has 4 aromatic heterocycles. The zero-order valence-electron chi connectivity index (χ0n) is 22.3. The average Bonchev–Trinajstić information content (AvgIpc) is 3.71. The van der Waals surface area contributed by atoms with Gasteiger partial charge in [0.2, 0.25) is 0 Å². The van der Waals surface area contributed by atoms with Crippen molar-refractivity contribution in [2.24, 2.45) is 0 Å². The molecule has 3 aliphatic heterocycles. The number of aliphatic hydroxyl groups excluding tert-OH is 1. The number of alkyl halides is 1. The van der Waals surface area contributed by atoms with Crippen molar-refractivity contribution in [2.75, 3.05) is 18.9 Å². The Kier molecular flexibility index (Phi) is 7.62. The van der Waals surface area contributed by atoms with E-state index in [1.165, 1.54) is 10.9 Å². The number of aliphatic hydroxyl groups is 1. The van der Waals surface area contributed by atoms with E-state index in [4.69, 9.17) is 45.1 Å². The standard InChI is InChI=1S/C21H22F2N8O11P2S/c22-7-1-30(17-10(7)19(33)28-5-26-17)21-15-13(32)8(39-21)2-38-44(36,45)42-14-9(3-37-43(34,35)41-15)40-20(11(14)23)31-6-29-12-16(24)25-4-27-18(12)31/h1,4-6,8-9,11,13-15,20-21,32H,2-3H2,(H,34,35)(H,36,45)(H2,24,25,27)(H,26,28,33)/t8?,9?,11-,13-,14-,15-,20-,21-,44?/m1/s1. The lowest BCUT2D eigenvalue weighted by molar-refractivity contribution is -0.0642. The molecule has 7 rings (SSSR count). The lowest BCUT2D eigenvalue weighted by Gasteiger charge is -2.26. The predicted molar refractivity (Wildman–Crippen MR) is 147 cm³/mol. The predicted octanol–water partition coefficient (Wildman–Crippen LogP) is -0.0860. The van der Waals surface area contributed by atoms with Crippen molar-refractivity contribution in [3.63, 3.8) is 0 Å². The Balaban J connectivity index is 1.21. The third-order valence-electron chi connectivity index (χ3n) is 7.40. The molecule has 0 amide bonds. The third kappa shape index (κ3) is 5.39. The van der Waals surface area contributed by atoms with Gasteiger partial charge in [0.15, 0.2) is 41.6 Å². The summed E-state index contributed by atoms with van der Waals surface area (Å²) < 4.78 is 78.8. The van der Waals surface area contributed by atoms with E-state index < -0.39 is 93.7 Å². The molecular weight excluding hydrogens is 672 g/mol. The van der Waals surface area contributed by atoms with E-state index in [1.54, 1.807) is 0 Å². The van der Waals surface area contributed by atoms with Gasteiger partial charge < -0.3 is 44.2 Å². The van der Waals surface area contributed by atoms with Crippen LogP contribution in [0.15, 0.2) is 30.0 Å². The van der Waals surface area contributed by atoms with Gasteiger partial charge in [-0.2, -0.15) is 0 Å². The molecule has 24 heteroatoms. The van der Waals surface area contributed by atoms with Gasteiger partial charge >= 0.3 is 14.5 Å². The van der Waals surface area contributed by atoms with Crippen molar-refractivity contribution < 1.29 is 55.8 Å². The van der Waals surface area contributed by atoms with Crippen LogP contribution in [0, 0.1) is 5.82 Å². The van der Waals surface area contributed by atoms with Gasteiger partial charge in [-0.05, 0) is 11.8 Å². The molecule has 4 unspecified atom stereocenters. The fraction of sp³-hybridized carbons (Fsp3) is 0.476. The SMILES string of the molecule is Nc1ncnc2c1ncn2[C@@H]1OC2COP(=O)(O)O[C@@H]3[C@H](O)C(COP(O)(=S)O[C@H]2[C@H]1F)O[C@H]3n1cc(F)c2c(=O)[nH]cnc21. The number of hydrogen-bond acceptors (Lipinski definition) is 15. The number of nitrogen functional groups attached to an aromatic ring is 1. The van der Waals surface area contributed by atoms with Gasteiger partial charge in [-0.1, -0.05) is 0 Å². The second-order valence-corrected chi connectivity index (χ2v) is 14.3. The molecule has 4 aromatic rings. The van der Waals surface area contributed by atoms with E-state index >= 15 is 4.39 Å². The number of imidazole rings is 1. The second-order valence-electron chi connectivity index (χ2n) is 10.1. The van der Waals surface area contributed by atoms with Crippen LogP contribution in [0.5, 0.6) is 0 Å². The monoisotopic (exact) mass is 694 g/mol. The molecule has 19 nitrogen and oxygen atoms in total. The highest BCUT2D eigenvalue weighted by Crippen LogP contribution is 2.54. The van der Waals surface area contributed by atoms with Gasteiger partial charge in [-0.3, -0.25) is 22.9 Å². The number of fused-ring (bicyclic) bond motifs is 5. The summed E-state index contributed by atoms with van der Waals surface area (Å²) in [5.74, 6) is -0.991. The number of nitrogens with zero attached hydrogens (tertiary/aromatic N) is 6. The third-order valence-corrected chi connectivity index (χ3v) is 9.94. The summed E-state index contributed by atoms with van der Waals surface area (Å²) in [6.07, 6.45) is -9.21. The summed E-state index contributed by atoms with van der Waals surface area (Å²) in [5.41, 5.74) is 5.00. The van der Waals surface area contributed by atoms with Crippen molar-refractivity contribution in [1.29, 1.82) is 0 Å². The molecule has 3 saturated heterocycles. The molecule has 45 heavy (non-hydrogen) atoms. The molecular formula is C21H22F2N8O11P2S. The first kappa shape index (κ1) is 30.8. The van der Waals surface area contributed by atoms with Gasteiger partial charge in [0.25, 0.3) is 5.56 Å². The first-order chi connectivity index (χ1) is 21.3. The van der Waals surface area contributed by atoms with Crippen LogP contribution in [0.25, 0.3) is 22.2 Å². The molecule has 0 aromatic carbocycles. The van der Waals surface area contributed by atoms with Crippen LogP contribution in [0.1, 0.15) is 12.5 Å². The van der Waals surface area contributed by atoms with Gasteiger partial charge in [0.05, 0.1) is 25.9 Å². The Bertz CT molecular complexity index is 1950. The van der Waals surface area contributed by atoms with Gasteiger partial charge in [0, 0.05) is 6.20 Å². The molecule has 0 aliphatic carbocycles. The first-order valence-electron chi connectivity index (χ1n) is 12.9. The van der Waals surface area contributed by atoms with Crippen molar-refractivity contribution in [1.82, 2.24) is 34.1 Å². The number of phosphoric ester groups is 1. The van der Waals surface area contributed by atoms with Crippen LogP contribution in [0.2, 0.25) is 0 Å². The number of rotatable bonds is 2. The lowest BCUT2D eigenvalue weighted by Crippen LogP contribution is -2.35. The van der Waals surface area contributed by atoms with E-state index in [9.17, 15) is 28.6 Å². The molecule has 3 aliphatic rings. The highest BCUT2D eigenvalue weighted by Gasteiger charge is 2.54. The largest absolute Gasteiger partial charge is 0.472 e. The maximum atomic E-state index is 16.0. The fourth-order valence-corrected chi connectivity index (χ4v) is 7.74. The number of phosphoric acid groups is 1. The number of halogens is 2. The number of ether oxygens (including phenoxy) is 2. The Morgan fingerprint density at radius 1 is 1.02 bits per heavy atom. The maximum absolute atomic E-state index is 16.0. The van der Waals surface area contributed by atoms with Crippen LogP contribution in [-0.4, -0.2) is 98.9 Å². The molecule has 10 atom stereocenters. The number of aromatic nitrogens is 7.